The van der Waals surface area contributed by atoms with Gasteiger partial charge in [0.1, 0.15) is 0 Å². The molecule has 1 N–H and O–H groups in total. The zero-order valence-electron chi connectivity index (χ0n) is 9.62. The van der Waals surface area contributed by atoms with Crippen LogP contribution in [0.1, 0.15) is 25.7 Å². The van der Waals surface area contributed by atoms with Crippen LogP contribution in [-0.4, -0.2) is 30.9 Å². The molecule has 2 aromatic rings. The van der Waals surface area contributed by atoms with Crippen molar-refractivity contribution >= 4 is 5.65 Å². The third-order valence-electron chi connectivity index (χ3n) is 2.67. The number of unbranched alkanes of at least 4 members (excludes halogenated alkanes) is 3. The smallest absolute Gasteiger partial charge is 0.350 e. The molecule has 0 atom stereocenters. The number of aliphatic hydroxyl groups excluding tert-OH is 1. The molecule has 0 unspecified atom stereocenters. The molecule has 2 rings (SSSR count). The van der Waals surface area contributed by atoms with Crippen LogP contribution in [0.5, 0.6) is 0 Å². The topological polar surface area (TPSA) is 72.4 Å². The van der Waals surface area contributed by atoms with Crippen molar-refractivity contribution in [1.82, 2.24) is 19.2 Å². The van der Waals surface area contributed by atoms with Gasteiger partial charge in [0.2, 0.25) is 0 Å². The molecule has 2 heterocycles. The fraction of sp³-hybridized carbons (Fsp3) is 0.545. The zero-order valence-corrected chi connectivity index (χ0v) is 9.62. The second kappa shape index (κ2) is 5.58. The summed E-state index contributed by atoms with van der Waals surface area (Å²) in [6.07, 6.45) is 8.47. The van der Waals surface area contributed by atoms with Crippen molar-refractivity contribution < 1.29 is 5.11 Å². The van der Waals surface area contributed by atoms with Gasteiger partial charge in [-0.25, -0.2) is 13.9 Å². The molecule has 2 aromatic heterocycles. The summed E-state index contributed by atoms with van der Waals surface area (Å²) in [6, 6.07) is 0. The van der Waals surface area contributed by atoms with Crippen molar-refractivity contribution in [3.8, 4) is 0 Å². The first-order chi connectivity index (χ1) is 8.33. The molecule has 6 heteroatoms. The summed E-state index contributed by atoms with van der Waals surface area (Å²) in [6.45, 7) is 0.853. The summed E-state index contributed by atoms with van der Waals surface area (Å²) in [5.74, 6) is 0. The third kappa shape index (κ3) is 2.71. The average Bonchev–Trinajstić information content (AvgIpc) is 2.67. The Bertz CT molecular complexity index is 531. The zero-order chi connectivity index (χ0) is 12.1. The molecule has 17 heavy (non-hydrogen) atoms. The molecule has 0 amide bonds. The van der Waals surface area contributed by atoms with Gasteiger partial charge in [0, 0.05) is 25.5 Å². The number of nitrogens with zero attached hydrogens (tertiary/aromatic N) is 4. The van der Waals surface area contributed by atoms with Crippen molar-refractivity contribution in [2.75, 3.05) is 6.61 Å². The lowest BCUT2D eigenvalue weighted by molar-refractivity contribution is 0.282. The molecule has 0 fully saturated rings. The van der Waals surface area contributed by atoms with Crippen LogP contribution in [-0.2, 0) is 6.54 Å². The SMILES string of the molecule is O=c1n(CCCCCCO)nc2cnccn12. The lowest BCUT2D eigenvalue weighted by Crippen LogP contribution is -2.21. The Hall–Kier alpha value is -1.69. The number of hydrogen-bond acceptors (Lipinski definition) is 4. The van der Waals surface area contributed by atoms with Crippen molar-refractivity contribution in [3.05, 3.63) is 29.1 Å². The highest BCUT2D eigenvalue weighted by atomic mass is 16.2. The second-order valence-electron chi connectivity index (χ2n) is 3.95. The van der Waals surface area contributed by atoms with E-state index in [1.165, 1.54) is 9.08 Å². The summed E-state index contributed by atoms with van der Waals surface area (Å²) in [4.78, 5) is 15.8. The van der Waals surface area contributed by atoms with Gasteiger partial charge in [0.25, 0.3) is 0 Å². The molecule has 6 nitrogen and oxygen atoms in total. The molecule has 0 saturated heterocycles. The number of rotatable bonds is 6. The highest BCUT2D eigenvalue weighted by molar-refractivity contribution is 5.31. The van der Waals surface area contributed by atoms with E-state index in [0.29, 0.717) is 12.2 Å². The Labute approximate surface area is 98.5 Å². The number of aliphatic hydroxyl groups is 1. The van der Waals surface area contributed by atoms with Crippen molar-refractivity contribution in [3.63, 3.8) is 0 Å². The maximum Gasteiger partial charge on any atom is 0.350 e. The predicted molar refractivity (Wildman–Crippen MR) is 62.8 cm³/mol. The summed E-state index contributed by atoms with van der Waals surface area (Å²) in [5, 5.41) is 12.8. The Balaban J connectivity index is 1.99. The molecule has 0 saturated carbocycles. The molecule has 0 aromatic carbocycles. The van der Waals surface area contributed by atoms with Crippen LogP contribution in [0.15, 0.2) is 23.4 Å². The number of fused-ring (bicyclic) bond motifs is 1. The summed E-state index contributed by atoms with van der Waals surface area (Å²) in [7, 11) is 0. The highest BCUT2D eigenvalue weighted by Gasteiger charge is 2.05. The molecule has 0 bridgehead atoms. The molecule has 0 aliphatic rings. The first-order valence-corrected chi connectivity index (χ1v) is 5.83. The van der Waals surface area contributed by atoms with Crippen LogP contribution in [0.3, 0.4) is 0 Å². The van der Waals surface area contributed by atoms with Crippen LogP contribution in [0.4, 0.5) is 0 Å². The Morgan fingerprint density at radius 3 is 2.82 bits per heavy atom. The van der Waals surface area contributed by atoms with Gasteiger partial charge in [-0.05, 0) is 12.8 Å². The predicted octanol–water partition coefficient (Wildman–Crippen LogP) is 0.444. The quantitative estimate of drug-likeness (QED) is 0.739. The second-order valence-corrected chi connectivity index (χ2v) is 3.95. The largest absolute Gasteiger partial charge is 0.396 e. The first-order valence-electron chi connectivity index (χ1n) is 5.83. The van der Waals surface area contributed by atoms with Gasteiger partial charge in [-0.2, -0.15) is 0 Å². The molecule has 0 aliphatic carbocycles. The molecule has 0 aliphatic heterocycles. The average molecular weight is 236 g/mol. The highest BCUT2D eigenvalue weighted by Crippen LogP contribution is 2.01. The fourth-order valence-electron chi connectivity index (χ4n) is 1.75. The van der Waals surface area contributed by atoms with Crippen LogP contribution in [0, 0.1) is 0 Å². The van der Waals surface area contributed by atoms with Gasteiger partial charge in [-0.1, -0.05) is 12.8 Å². The molecular weight excluding hydrogens is 220 g/mol. The van der Waals surface area contributed by atoms with Gasteiger partial charge in [0.05, 0.1) is 6.20 Å². The maximum atomic E-state index is 11.8. The number of hydrogen-bond donors (Lipinski definition) is 1. The monoisotopic (exact) mass is 236 g/mol. The first kappa shape index (κ1) is 11.8. The maximum absolute atomic E-state index is 11.8. The third-order valence-corrected chi connectivity index (χ3v) is 2.67. The number of aryl methyl sites for hydroxylation is 1. The van der Waals surface area contributed by atoms with E-state index in [0.717, 1.165) is 25.7 Å². The van der Waals surface area contributed by atoms with Crippen LogP contribution in [0.2, 0.25) is 0 Å². The summed E-state index contributed by atoms with van der Waals surface area (Å²) < 4.78 is 2.96. The van der Waals surface area contributed by atoms with E-state index < -0.39 is 0 Å². The number of aromatic nitrogens is 4. The van der Waals surface area contributed by atoms with E-state index in [2.05, 4.69) is 10.1 Å². The lowest BCUT2D eigenvalue weighted by Gasteiger charge is -1.98. The van der Waals surface area contributed by atoms with Gasteiger partial charge in [0.15, 0.2) is 5.65 Å². The van der Waals surface area contributed by atoms with Crippen molar-refractivity contribution in [2.45, 2.75) is 32.2 Å². The molecule has 0 spiro atoms. The normalized spacial score (nSPS) is 11.1. The van der Waals surface area contributed by atoms with Crippen molar-refractivity contribution in [2.24, 2.45) is 0 Å². The fourth-order valence-corrected chi connectivity index (χ4v) is 1.75. The minimum absolute atomic E-state index is 0.121. The van der Waals surface area contributed by atoms with Gasteiger partial charge in [-0.3, -0.25) is 4.98 Å². The van der Waals surface area contributed by atoms with Gasteiger partial charge >= 0.3 is 5.69 Å². The molecular formula is C11H16N4O2. The van der Waals surface area contributed by atoms with Crippen LogP contribution < -0.4 is 5.69 Å². The van der Waals surface area contributed by atoms with E-state index >= 15 is 0 Å². The van der Waals surface area contributed by atoms with E-state index in [1.807, 2.05) is 0 Å². The van der Waals surface area contributed by atoms with Crippen LogP contribution >= 0.6 is 0 Å². The Kier molecular flexibility index (Phi) is 3.87. The van der Waals surface area contributed by atoms with E-state index in [1.54, 1.807) is 18.6 Å². The summed E-state index contributed by atoms with van der Waals surface area (Å²) in [5.41, 5.74) is 0.456. The summed E-state index contributed by atoms with van der Waals surface area (Å²) >= 11 is 0. The van der Waals surface area contributed by atoms with Crippen molar-refractivity contribution in [1.29, 1.82) is 0 Å². The Morgan fingerprint density at radius 2 is 2.06 bits per heavy atom. The Morgan fingerprint density at radius 1 is 1.24 bits per heavy atom. The minimum atomic E-state index is -0.121. The van der Waals surface area contributed by atoms with E-state index in [-0.39, 0.29) is 12.3 Å². The van der Waals surface area contributed by atoms with Gasteiger partial charge in [-0.15, -0.1) is 5.10 Å². The van der Waals surface area contributed by atoms with Gasteiger partial charge < -0.3 is 5.11 Å². The lowest BCUT2D eigenvalue weighted by atomic mass is 10.2. The minimum Gasteiger partial charge on any atom is -0.396 e. The molecule has 92 valence electrons. The standard InChI is InChI=1S/C11H16N4O2/c16-8-4-2-1-3-6-15-11(17)14-7-5-12-9-10(14)13-15/h5,7,9,16H,1-4,6,8H2. The van der Waals surface area contributed by atoms with E-state index in [4.69, 9.17) is 5.11 Å². The van der Waals surface area contributed by atoms with E-state index in [9.17, 15) is 4.79 Å². The van der Waals surface area contributed by atoms with Crippen LogP contribution in [0.25, 0.3) is 5.65 Å². The molecule has 0 radical (unpaired) electrons.